The van der Waals surface area contributed by atoms with Crippen LogP contribution in [-0.2, 0) is 4.79 Å². The Labute approximate surface area is 98.3 Å². The first-order chi connectivity index (χ1) is 7.72. The maximum absolute atomic E-state index is 11.7. The van der Waals surface area contributed by atoms with Gasteiger partial charge in [-0.25, -0.2) is 0 Å². The molecule has 0 aliphatic carbocycles. The number of carbonyl (C=O) groups excluding carboxylic acids is 1. The minimum atomic E-state index is -0.158. The summed E-state index contributed by atoms with van der Waals surface area (Å²) in [5.74, 6) is 1.21. The van der Waals surface area contributed by atoms with Crippen LogP contribution in [0, 0.1) is 0 Å². The first-order valence-corrected chi connectivity index (χ1v) is 6.10. The van der Waals surface area contributed by atoms with Crippen LogP contribution >= 0.6 is 11.8 Å². The van der Waals surface area contributed by atoms with Crippen LogP contribution in [0.15, 0.2) is 12.1 Å². The highest BCUT2D eigenvalue weighted by Crippen LogP contribution is 2.47. The molecular weight excluding hydrogens is 226 g/mol. The molecule has 0 spiro atoms. The van der Waals surface area contributed by atoms with Gasteiger partial charge in [0, 0.05) is 5.56 Å². The van der Waals surface area contributed by atoms with Crippen molar-refractivity contribution in [3.63, 3.8) is 0 Å². The number of hydrogen-bond donors (Lipinski definition) is 1. The molecule has 1 heterocycles. The van der Waals surface area contributed by atoms with Crippen molar-refractivity contribution in [2.45, 2.75) is 5.25 Å². The number of thioether (sulfide) groups is 1. The van der Waals surface area contributed by atoms with Gasteiger partial charge in [-0.05, 0) is 12.3 Å². The molecule has 1 aliphatic rings. The molecule has 0 fully saturated rings. The molecule has 0 radical (unpaired) electrons. The molecule has 5 heteroatoms. The van der Waals surface area contributed by atoms with Gasteiger partial charge < -0.3 is 14.8 Å². The molecule has 2 rings (SSSR count). The van der Waals surface area contributed by atoms with Crippen LogP contribution in [0.1, 0.15) is 10.8 Å². The maximum atomic E-state index is 11.7. The van der Waals surface area contributed by atoms with Crippen LogP contribution < -0.4 is 14.8 Å². The zero-order valence-electron chi connectivity index (χ0n) is 9.37. The summed E-state index contributed by atoms with van der Waals surface area (Å²) in [5, 5.41) is 2.67. The van der Waals surface area contributed by atoms with Crippen molar-refractivity contribution in [3.05, 3.63) is 17.7 Å². The van der Waals surface area contributed by atoms with Gasteiger partial charge in [-0.15, -0.1) is 11.8 Å². The third-order valence-electron chi connectivity index (χ3n) is 2.58. The van der Waals surface area contributed by atoms with Crippen LogP contribution in [0.3, 0.4) is 0 Å². The minimum Gasteiger partial charge on any atom is -0.493 e. The van der Waals surface area contributed by atoms with E-state index in [2.05, 4.69) is 5.32 Å². The molecule has 1 N–H and O–H groups in total. The Morgan fingerprint density at radius 3 is 2.62 bits per heavy atom. The van der Waals surface area contributed by atoms with Gasteiger partial charge in [0.1, 0.15) is 5.25 Å². The number of ether oxygens (including phenoxy) is 2. The van der Waals surface area contributed by atoms with Gasteiger partial charge in [0.15, 0.2) is 11.5 Å². The van der Waals surface area contributed by atoms with Crippen LogP contribution in [0.5, 0.6) is 11.5 Å². The number of methoxy groups -OCH3 is 2. The van der Waals surface area contributed by atoms with E-state index in [0.29, 0.717) is 11.5 Å². The Bertz CT molecular complexity index is 433. The smallest absolute Gasteiger partial charge is 0.242 e. The Hall–Kier alpha value is -1.36. The zero-order valence-corrected chi connectivity index (χ0v) is 10.2. The minimum absolute atomic E-state index is 0.00551. The Balaban J connectivity index is 2.55. The van der Waals surface area contributed by atoms with Crippen LogP contribution in [0.4, 0.5) is 5.69 Å². The lowest BCUT2D eigenvalue weighted by molar-refractivity contribution is -0.115. The van der Waals surface area contributed by atoms with E-state index in [1.807, 2.05) is 18.4 Å². The van der Waals surface area contributed by atoms with E-state index in [4.69, 9.17) is 9.47 Å². The molecule has 1 aliphatic heterocycles. The maximum Gasteiger partial charge on any atom is 0.242 e. The summed E-state index contributed by atoms with van der Waals surface area (Å²) in [5.41, 5.74) is 1.68. The van der Waals surface area contributed by atoms with E-state index < -0.39 is 0 Å². The van der Waals surface area contributed by atoms with Crippen LogP contribution in [-0.4, -0.2) is 26.4 Å². The molecule has 0 bridgehead atoms. The number of rotatable bonds is 3. The largest absolute Gasteiger partial charge is 0.493 e. The molecule has 16 heavy (non-hydrogen) atoms. The van der Waals surface area contributed by atoms with Gasteiger partial charge in [0.05, 0.1) is 19.9 Å². The average Bonchev–Trinajstić information content (AvgIpc) is 2.62. The Morgan fingerprint density at radius 1 is 1.31 bits per heavy atom. The topological polar surface area (TPSA) is 47.6 Å². The molecule has 1 atom stereocenters. The fourth-order valence-electron chi connectivity index (χ4n) is 1.85. The van der Waals surface area contributed by atoms with E-state index in [9.17, 15) is 4.79 Å². The van der Waals surface area contributed by atoms with Gasteiger partial charge in [-0.3, -0.25) is 4.79 Å². The van der Waals surface area contributed by atoms with E-state index in [1.165, 1.54) is 11.8 Å². The van der Waals surface area contributed by atoms with Gasteiger partial charge in [0.2, 0.25) is 5.91 Å². The molecule has 0 saturated heterocycles. The number of benzene rings is 1. The van der Waals surface area contributed by atoms with Crippen molar-refractivity contribution < 1.29 is 14.3 Å². The highest BCUT2D eigenvalue weighted by Gasteiger charge is 2.33. The van der Waals surface area contributed by atoms with Gasteiger partial charge in [-0.2, -0.15) is 0 Å². The molecular formula is C11H13NO3S. The first kappa shape index (κ1) is 11.1. The lowest BCUT2D eigenvalue weighted by Crippen LogP contribution is -2.08. The second kappa shape index (κ2) is 4.25. The molecule has 86 valence electrons. The Morgan fingerprint density at radius 2 is 2.06 bits per heavy atom. The molecule has 1 unspecified atom stereocenters. The Kier molecular flexibility index (Phi) is 2.96. The second-order valence-electron chi connectivity index (χ2n) is 3.37. The van der Waals surface area contributed by atoms with Crippen molar-refractivity contribution in [1.82, 2.24) is 0 Å². The summed E-state index contributed by atoms with van der Waals surface area (Å²) >= 11 is 1.51. The normalized spacial score (nSPS) is 17.9. The van der Waals surface area contributed by atoms with Gasteiger partial charge in [-0.1, -0.05) is 6.07 Å². The summed E-state index contributed by atoms with van der Waals surface area (Å²) in [6.07, 6.45) is 1.91. The third kappa shape index (κ3) is 1.51. The van der Waals surface area contributed by atoms with E-state index in [1.54, 1.807) is 14.2 Å². The summed E-state index contributed by atoms with van der Waals surface area (Å²) in [7, 11) is 3.14. The predicted octanol–water partition coefficient (Wildman–Crippen LogP) is 2.06. The molecule has 1 aromatic carbocycles. The number of anilines is 1. The summed E-state index contributed by atoms with van der Waals surface area (Å²) in [4.78, 5) is 11.7. The molecule has 1 aromatic rings. The summed E-state index contributed by atoms with van der Waals surface area (Å²) in [6, 6.07) is 3.72. The van der Waals surface area contributed by atoms with Gasteiger partial charge >= 0.3 is 0 Å². The predicted molar refractivity (Wildman–Crippen MR) is 64.4 cm³/mol. The van der Waals surface area contributed by atoms with Crippen molar-refractivity contribution >= 4 is 23.4 Å². The van der Waals surface area contributed by atoms with E-state index >= 15 is 0 Å². The molecule has 0 saturated carbocycles. The monoisotopic (exact) mass is 239 g/mol. The molecule has 0 aromatic heterocycles. The number of amides is 1. The van der Waals surface area contributed by atoms with E-state index in [0.717, 1.165) is 11.3 Å². The number of fused-ring (bicyclic) bond motifs is 1. The van der Waals surface area contributed by atoms with Crippen LogP contribution in [0.2, 0.25) is 0 Å². The van der Waals surface area contributed by atoms with Crippen LogP contribution in [0.25, 0.3) is 0 Å². The van der Waals surface area contributed by atoms with E-state index in [-0.39, 0.29) is 11.2 Å². The zero-order chi connectivity index (χ0) is 11.7. The van der Waals surface area contributed by atoms with Crippen molar-refractivity contribution in [1.29, 1.82) is 0 Å². The highest BCUT2D eigenvalue weighted by atomic mass is 32.2. The third-order valence-corrected chi connectivity index (χ3v) is 3.52. The average molecular weight is 239 g/mol. The standard InChI is InChI=1S/C11H13NO3S/c1-14-7-5-4-6-8(9(7)15-2)12-11(13)10(6)16-3/h4-5,10H,1-3H3,(H,12,13). The molecule has 1 amide bonds. The summed E-state index contributed by atoms with van der Waals surface area (Å²) < 4.78 is 10.5. The van der Waals surface area contributed by atoms with Gasteiger partial charge in [0.25, 0.3) is 0 Å². The quantitative estimate of drug-likeness (QED) is 0.877. The fraction of sp³-hybridized carbons (Fsp3) is 0.364. The van der Waals surface area contributed by atoms with Crippen molar-refractivity contribution in [3.8, 4) is 11.5 Å². The lowest BCUT2D eigenvalue weighted by atomic mass is 10.1. The number of nitrogens with one attached hydrogen (secondary N) is 1. The fourth-order valence-corrected chi connectivity index (χ4v) is 2.58. The molecule has 4 nitrogen and oxygen atoms in total. The highest BCUT2D eigenvalue weighted by molar-refractivity contribution is 7.99. The number of carbonyl (C=O) groups is 1. The second-order valence-corrected chi connectivity index (χ2v) is 4.31. The van der Waals surface area contributed by atoms with Crippen molar-refractivity contribution in [2.24, 2.45) is 0 Å². The summed E-state index contributed by atoms with van der Waals surface area (Å²) in [6.45, 7) is 0. The van der Waals surface area contributed by atoms with Crippen molar-refractivity contribution in [2.75, 3.05) is 25.8 Å². The number of hydrogen-bond acceptors (Lipinski definition) is 4. The first-order valence-electron chi connectivity index (χ1n) is 4.81. The SMILES string of the molecule is COc1ccc2c(c1OC)NC(=O)C2SC. The lowest BCUT2D eigenvalue weighted by Gasteiger charge is -2.11.